The van der Waals surface area contributed by atoms with Gasteiger partial charge in [0.2, 0.25) is 0 Å². The molecular weight excluding hydrogens is 272 g/mol. The Labute approximate surface area is 131 Å². The molecule has 0 saturated heterocycles. The van der Waals surface area contributed by atoms with Crippen molar-refractivity contribution in [1.82, 2.24) is 0 Å². The molecule has 1 aliphatic carbocycles. The van der Waals surface area contributed by atoms with Crippen molar-refractivity contribution in [3.63, 3.8) is 0 Å². The van der Waals surface area contributed by atoms with Crippen LogP contribution in [0.1, 0.15) is 41.5 Å². The highest BCUT2D eigenvalue weighted by Crippen LogP contribution is 2.43. The zero-order valence-corrected chi connectivity index (χ0v) is 13.2. The molecule has 0 N–H and O–H groups in total. The van der Waals surface area contributed by atoms with E-state index in [4.69, 9.17) is 0 Å². The Morgan fingerprint density at radius 2 is 1.68 bits per heavy atom. The summed E-state index contributed by atoms with van der Waals surface area (Å²) in [6, 6.07) is 15.6. The maximum absolute atomic E-state index is 13.1. The van der Waals surface area contributed by atoms with Crippen LogP contribution in [0.15, 0.2) is 48.5 Å². The van der Waals surface area contributed by atoms with Gasteiger partial charge in [-0.25, -0.2) is 0 Å². The van der Waals surface area contributed by atoms with E-state index < -0.39 is 11.3 Å². The average molecular weight is 292 g/mol. The van der Waals surface area contributed by atoms with Crippen LogP contribution in [0.3, 0.4) is 0 Å². The Morgan fingerprint density at radius 1 is 1.00 bits per heavy atom. The number of rotatable bonds is 2. The van der Waals surface area contributed by atoms with Gasteiger partial charge in [0, 0.05) is 6.42 Å². The first-order valence-electron chi connectivity index (χ1n) is 7.63. The lowest BCUT2D eigenvalue weighted by molar-refractivity contribution is -0.125. The van der Waals surface area contributed by atoms with E-state index in [1.165, 1.54) is 0 Å². The summed E-state index contributed by atoms with van der Waals surface area (Å²) in [7, 11) is 0. The van der Waals surface area contributed by atoms with E-state index in [0.29, 0.717) is 0 Å². The summed E-state index contributed by atoms with van der Waals surface area (Å²) in [4.78, 5) is 25.7. The Balaban J connectivity index is 2.08. The van der Waals surface area contributed by atoms with Crippen LogP contribution >= 0.6 is 0 Å². The van der Waals surface area contributed by atoms with Gasteiger partial charge in [-0.05, 0) is 37.5 Å². The maximum Gasteiger partial charge on any atom is 0.158 e. The number of carbonyl (C=O) groups is 2. The van der Waals surface area contributed by atoms with Crippen molar-refractivity contribution in [3.8, 4) is 0 Å². The molecule has 0 heterocycles. The molecule has 0 aliphatic heterocycles. The van der Waals surface area contributed by atoms with Crippen molar-refractivity contribution in [1.29, 1.82) is 0 Å². The third-order valence-corrected chi connectivity index (χ3v) is 4.81. The predicted molar refractivity (Wildman–Crippen MR) is 87.1 cm³/mol. The minimum absolute atomic E-state index is 0.0254. The van der Waals surface area contributed by atoms with E-state index >= 15 is 0 Å². The van der Waals surface area contributed by atoms with Crippen molar-refractivity contribution in [2.24, 2.45) is 0 Å². The Hall–Kier alpha value is -2.22. The van der Waals surface area contributed by atoms with Gasteiger partial charge in [0.25, 0.3) is 0 Å². The summed E-state index contributed by atoms with van der Waals surface area (Å²) >= 11 is 0. The van der Waals surface area contributed by atoms with Crippen molar-refractivity contribution in [2.75, 3.05) is 0 Å². The van der Waals surface area contributed by atoms with Crippen molar-refractivity contribution >= 4 is 11.6 Å². The quantitative estimate of drug-likeness (QED) is 0.787. The summed E-state index contributed by atoms with van der Waals surface area (Å²) in [5.41, 5.74) is 3.18. The van der Waals surface area contributed by atoms with Crippen molar-refractivity contribution in [3.05, 3.63) is 70.8 Å². The van der Waals surface area contributed by atoms with E-state index in [2.05, 4.69) is 0 Å². The Morgan fingerprint density at radius 3 is 2.36 bits per heavy atom. The molecule has 2 aromatic carbocycles. The van der Waals surface area contributed by atoms with Crippen molar-refractivity contribution in [2.45, 2.75) is 38.5 Å². The lowest BCUT2D eigenvalue weighted by atomic mass is 9.78. The van der Waals surface area contributed by atoms with Crippen LogP contribution in [-0.4, -0.2) is 11.6 Å². The first-order valence-corrected chi connectivity index (χ1v) is 7.63. The van der Waals surface area contributed by atoms with Crippen LogP contribution in [0.25, 0.3) is 0 Å². The molecule has 112 valence electrons. The lowest BCUT2D eigenvalue weighted by Gasteiger charge is -2.22. The number of benzene rings is 2. The number of hydrogen-bond acceptors (Lipinski definition) is 2. The molecule has 1 aliphatic rings. The molecule has 3 rings (SSSR count). The second kappa shape index (κ2) is 5.20. The zero-order chi connectivity index (χ0) is 15.9. The van der Waals surface area contributed by atoms with Gasteiger partial charge in [0.15, 0.2) is 5.78 Å². The zero-order valence-electron chi connectivity index (χ0n) is 13.2. The molecule has 0 radical (unpaired) electrons. The van der Waals surface area contributed by atoms with Gasteiger partial charge in [-0.15, -0.1) is 0 Å². The number of ketones is 2. The molecule has 0 spiro atoms. The first-order chi connectivity index (χ1) is 10.4. The molecular formula is C20H20O2. The molecule has 2 aromatic rings. The fourth-order valence-corrected chi connectivity index (χ4v) is 3.44. The minimum atomic E-state index is -0.709. The molecule has 0 amide bonds. The van der Waals surface area contributed by atoms with Gasteiger partial charge >= 0.3 is 0 Å². The van der Waals surface area contributed by atoms with Crippen LogP contribution < -0.4 is 0 Å². The SMILES string of the molecule is Cc1ccc(C)c(C2C(=O)CC(C)(c3ccccc3)C2=O)c1. The third-order valence-electron chi connectivity index (χ3n) is 4.81. The van der Waals surface area contributed by atoms with Crippen LogP contribution in [0, 0.1) is 13.8 Å². The van der Waals surface area contributed by atoms with Gasteiger partial charge in [-0.3, -0.25) is 9.59 Å². The molecule has 0 bridgehead atoms. The first kappa shape index (κ1) is 14.7. The maximum atomic E-state index is 13.1. The number of aryl methyl sites for hydroxylation is 2. The molecule has 0 aromatic heterocycles. The third kappa shape index (κ3) is 2.19. The highest BCUT2D eigenvalue weighted by atomic mass is 16.2. The van der Waals surface area contributed by atoms with Gasteiger partial charge in [-0.2, -0.15) is 0 Å². The summed E-state index contributed by atoms with van der Waals surface area (Å²) in [5.74, 6) is -0.562. The molecule has 2 heteroatoms. The minimum Gasteiger partial charge on any atom is -0.298 e. The lowest BCUT2D eigenvalue weighted by Crippen LogP contribution is -2.29. The average Bonchev–Trinajstić information content (AvgIpc) is 2.74. The molecule has 2 unspecified atom stereocenters. The predicted octanol–water partition coefficient (Wildman–Crippen LogP) is 3.89. The van der Waals surface area contributed by atoms with Crippen LogP contribution in [0.2, 0.25) is 0 Å². The van der Waals surface area contributed by atoms with E-state index in [-0.39, 0.29) is 18.0 Å². The van der Waals surface area contributed by atoms with Gasteiger partial charge in [0.05, 0.1) is 5.41 Å². The Bertz CT molecular complexity index is 746. The molecule has 2 nitrogen and oxygen atoms in total. The van der Waals surface area contributed by atoms with Gasteiger partial charge in [0.1, 0.15) is 11.7 Å². The van der Waals surface area contributed by atoms with E-state index in [0.717, 1.165) is 22.3 Å². The number of hydrogen-bond donors (Lipinski definition) is 0. The molecule has 22 heavy (non-hydrogen) atoms. The Kier molecular flexibility index (Phi) is 3.48. The standard InChI is InChI=1S/C20H20O2/c1-13-9-10-14(2)16(11-13)18-17(21)12-20(3,19(18)22)15-7-5-4-6-8-15/h4-11,18H,12H2,1-3H3. The van der Waals surface area contributed by atoms with E-state index in [9.17, 15) is 9.59 Å². The normalized spacial score (nSPS) is 24.8. The smallest absolute Gasteiger partial charge is 0.158 e. The van der Waals surface area contributed by atoms with Gasteiger partial charge < -0.3 is 0 Å². The summed E-state index contributed by atoms with van der Waals surface area (Å²) in [6.07, 6.45) is 0.286. The number of Topliss-reactive ketones (excluding diaryl/α,β-unsaturated/α-hetero) is 2. The highest BCUT2D eigenvalue weighted by molar-refractivity contribution is 6.18. The summed E-state index contributed by atoms with van der Waals surface area (Å²) in [6.45, 7) is 5.85. The molecule has 2 atom stereocenters. The van der Waals surface area contributed by atoms with E-state index in [1.807, 2.05) is 69.3 Å². The number of carbonyl (C=O) groups excluding carboxylic acids is 2. The van der Waals surface area contributed by atoms with Crippen LogP contribution in [-0.2, 0) is 15.0 Å². The van der Waals surface area contributed by atoms with Crippen LogP contribution in [0.4, 0.5) is 0 Å². The largest absolute Gasteiger partial charge is 0.298 e. The monoisotopic (exact) mass is 292 g/mol. The van der Waals surface area contributed by atoms with Crippen molar-refractivity contribution < 1.29 is 9.59 Å². The summed E-state index contributed by atoms with van der Waals surface area (Å²) < 4.78 is 0. The van der Waals surface area contributed by atoms with Crippen LogP contribution in [0.5, 0.6) is 0 Å². The fraction of sp³-hybridized carbons (Fsp3) is 0.300. The molecule has 1 saturated carbocycles. The highest BCUT2D eigenvalue weighted by Gasteiger charge is 2.51. The topological polar surface area (TPSA) is 34.1 Å². The van der Waals surface area contributed by atoms with Gasteiger partial charge in [-0.1, -0.05) is 54.1 Å². The second-order valence-electron chi connectivity index (χ2n) is 6.50. The fourth-order valence-electron chi connectivity index (χ4n) is 3.44. The second-order valence-corrected chi connectivity index (χ2v) is 6.50. The molecule has 1 fully saturated rings. The summed E-state index contributed by atoms with van der Waals surface area (Å²) in [5, 5.41) is 0. The van der Waals surface area contributed by atoms with E-state index in [1.54, 1.807) is 0 Å².